The molecule has 0 aromatic carbocycles. The monoisotopic (exact) mass is 283 g/mol. The second kappa shape index (κ2) is 6.52. The highest BCUT2D eigenvalue weighted by atomic mass is 16.5. The maximum absolute atomic E-state index is 11.1. The summed E-state index contributed by atoms with van der Waals surface area (Å²) in [5.41, 5.74) is 0. The minimum Gasteiger partial charge on any atom is -0.481 e. The third kappa shape index (κ3) is 3.48. The smallest absolute Gasteiger partial charge is 0.306 e. The average Bonchev–Trinajstić information content (AvgIpc) is 2.54. The Bertz CT molecular complexity index is 375. The van der Waals surface area contributed by atoms with Crippen molar-refractivity contribution in [2.45, 2.75) is 57.8 Å². The van der Waals surface area contributed by atoms with Crippen molar-refractivity contribution in [1.82, 2.24) is 5.01 Å². The van der Waals surface area contributed by atoms with Gasteiger partial charge >= 0.3 is 5.97 Å². The van der Waals surface area contributed by atoms with Crippen molar-refractivity contribution in [3.63, 3.8) is 0 Å². The van der Waals surface area contributed by atoms with Crippen molar-refractivity contribution in [3.8, 4) is 0 Å². The first-order valence-corrected chi connectivity index (χ1v) is 7.47. The topological polar surface area (TPSA) is 74.5 Å². The molecule has 6 nitrogen and oxygen atoms in total. The maximum Gasteiger partial charge on any atom is 0.306 e. The zero-order valence-corrected chi connectivity index (χ0v) is 12.5. The molecule has 114 valence electrons. The SMILES string of the molecule is CC1C(O[C@H]2CCC[C@H](C(=O)O)C2)CN=NN(C)[C@@H]1C. The van der Waals surface area contributed by atoms with Crippen LogP contribution >= 0.6 is 0 Å². The third-order valence-electron chi connectivity index (χ3n) is 4.75. The molecule has 0 saturated heterocycles. The van der Waals surface area contributed by atoms with Gasteiger partial charge in [-0.15, -0.1) is 0 Å². The van der Waals surface area contributed by atoms with Crippen molar-refractivity contribution >= 4 is 5.97 Å². The van der Waals surface area contributed by atoms with Crippen molar-refractivity contribution < 1.29 is 14.6 Å². The quantitative estimate of drug-likeness (QED) is 0.862. The number of hydrogen-bond acceptors (Lipinski definition) is 5. The number of carboxylic acid groups (broad SMARTS) is 1. The predicted molar refractivity (Wildman–Crippen MR) is 74.4 cm³/mol. The Morgan fingerprint density at radius 3 is 2.80 bits per heavy atom. The first-order chi connectivity index (χ1) is 9.49. The summed E-state index contributed by atoms with van der Waals surface area (Å²) in [5, 5.41) is 19.3. The fourth-order valence-corrected chi connectivity index (χ4v) is 3.02. The van der Waals surface area contributed by atoms with E-state index in [1.54, 1.807) is 0 Å². The van der Waals surface area contributed by atoms with Crippen LogP contribution in [-0.4, -0.2) is 47.9 Å². The Hall–Kier alpha value is -1.17. The normalized spacial score (nSPS) is 38.5. The molecule has 0 radical (unpaired) electrons. The van der Waals surface area contributed by atoms with Gasteiger partial charge in [-0.3, -0.25) is 9.80 Å². The summed E-state index contributed by atoms with van der Waals surface area (Å²) in [6.45, 7) is 4.83. The molecular formula is C14H25N3O3. The summed E-state index contributed by atoms with van der Waals surface area (Å²) < 4.78 is 6.18. The van der Waals surface area contributed by atoms with E-state index in [0.29, 0.717) is 18.9 Å². The van der Waals surface area contributed by atoms with E-state index in [-0.39, 0.29) is 24.2 Å². The molecule has 0 bridgehead atoms. The molecule has 0 amide bonds. The molecular weight excluding hydrogens is 258 g/mol. The molecule has 0 aromatic heterocycles. The third-order valence-corrected chi connectivity index (χ3v) is 4.75. The Morgan fingerprint density at radius 2 is 2.10 bits per heavy atom. The lowest BCUT2D eigenvalue weighted by Crippen LogP contribution is -2.40. The lowest BCUT2D eigenvalue weighted by atomic mass is 9.87. The van der Waals surface area contributed by atoms with Gasteiger partial charge in [-0.1, -0.05) is 18.6 Å². The van der Waals surface area contributed by atoms with Gasteiger partial charge in [0, 0.05) is 13.0 Å². The predicted octanol–water partition coefficient (Wildman–Crippen LogP) is 2.35. The van der Waals surface area contributed by atoms with Crippen LogP contribution in [0.5, 0.6) is 0 Å². The van der Waals surface area contributed by atoms with E-state index in [4.69, 9.17) is 9.84 Å². The molecule has 1 heterocycles. The van der Waals surface area contributed by atoms with Gasteiger partial charge in [-0.25, -0.2) is 0 Å². The molecule has 0 aromatic rings. The maximum atomic E-state index is 11.1. The van der Waals surface area contributed by atoms with Gasteiger partial charge in [-0.05, 0) is 26.2 Å². The standard InChI is InChI=1S/C14H25N3O3/c1-9-10(2)17(3)16-15-8-13(9)20-12-6-4-5-11(7-12)14(18)19/h9-13H,4-8H2,1-3H3,(H,18,19)/t9?,10-,11+,12+,13?/m1/s1. The summed E-state index contributed by atoms with van der Waals surface area (Å²) in [6, 6.07) is 0.269. The van der Waals surface area contributed by atoms with Gasteiger partial charge in [-0.2, -0.15) is 5.11 Å². The van der Waals surface area contributed by atoms with Gasteiger partial charge in [0.2, 0.25) is 0 Å². The summed E-state index contributed by atoms with van der Waals surface area (Å²) in [5.74, 6) is -0.628. The largest absolute Gasteiger partial charge is 0.481 e. The average molecular weight is 283 g/mol. The highest BCUT2D eigenvalue weighted by molar-refractivity contribution is 5.70. The van der Waals surface area contributed by atoms with E-state index in [0.717, 1.165) is 19.3 Å². The first-order valence-electron chi connectivity index (χ1n) is 7.47. The Balaban J connectivity index is 1.95. The fraction of sp³-hybridized carbons (Fsp3) is 0.929. The summed E-state index contributed by atoms with van der Waals surface area (Å²) in [7, 11) is 1.92. The minimum atomic E-state index is -0.694. The second-order valence-corrected chi connectivity index (χ2v) is 6.09. The van der Waals surface area contributed by atoms with Gasteiger partial charge in [0.25, 0.3) is 0 Å². The van der Waals surface area contributed by atoms with Gasteiger partial charge < -0.3 is 9.84 Å². The first kappa shape index (κ1) is 15.2. The number of ether oxygens (including phenoxy) is 1. The number of rotatable bonds is 3. The van der Waals surface area contributed by atoms with Crippen LogP contribution in [0.2, 0.25) is 0 Å². The van der Waals surface area contributed by atoms with Crippen LogP contribution in [0.15, 0.2) is 10.3 Å². The number of hydrogen-bond donors (Lipinski definition) is 1. The van der Waals surface area contributed by atoms with Crippen molar-refractivity contribution in [1.29, 1.82) is 0 Å². The Kier molecular flexibility index (Phi) is 4.96. The molecule has 5 atom stereocenters. The van der Waals surface area contributed by atoms with Crippen molar-refractivity contribution in [2.24, 2.45) is 22.2 Å². The molecule has 2 unspecified atom stereocenters. The molecule has 0 spiro atoms. The molecule has 1 N–H and O–H groups in total. The van der Waals surface area contributed by atoms with Gasteiger partial charge in [0.05, 0.1) is 30.7 Å². The summed E-state index contributed by atoms with van der Waals surface area (Å²) >= 11 is 0. The van der Waals surface area contributed by atoms with Crippen LogP contribution in [0.1, 0.15) is 39.5 Å². The van der Waals surface area contributed by atoms with Crippen LogP contribution in [-0.2, 0) is 9.53 Å². The van der Waals surface area contributed by atoms with E-state index in [2.05, 4.69) is 24.2 Å². The highest BCUT2D eigenvalue weighted by Crippen LogP contribution is 2.30. The van der Waals surface area contributed by atoms with Crippen molar-refractivity contribution in [2.75, 3.05) is 13.6 Å². The molecule has 2 aliphatic rings. The zero-order valence-electron chi connectivity index (χ0n) is 12.5. The Morgan fingerprint density at radius 1 is 1.35 bits per heavy atom. The molecule has 6 heteroatoms. The molecule has 1 fully saturated rings. The van der Waals surface area contributed by atoms with Crippen LogP contribution in [0, 0.1) is 11.8 Å². The van der Waals surface area contributed by atoms with Crippen LogP contribution in [0.3, 0.4) is 0 Å². The number of aliphatic carboxylic acids is 1. The van der Waals surface area contributed by atoms with E-state index < -0.39 is 5.97 Å². The van der Waals surface area contributed by atoms with Crippen LogP contribution in [0.25, 0.3) is 0 Å². The van der Waals surface area contributed by atoms with Crippen LogP contribution < -0.4 is 0 Å². The van der Waals surface area contributed by atoms with Crippen LogP contribution in [0.4, 0.5) is 0 Å². The molecule has 1 saturated carbocycles. The highest BCUT2D eigenvalue weighted by Gasteiger charge is 2.33. The van der Waals surface area contributed by atoms with Gasteiger partial charge in [0.1, 0.15) is 0 Å². The van der Waals surface area contributed by atoms with E-state index >= 15 is 0 Å². The molecule has 1 aliphatic carbocycles. The summed E-state index contributed by atoms with van der Waals surface area (Å²) in [4.78, 5) is 11.1. The van der Waals surface area contributed by atoms with E-state index in [9.17, 15) is 4.79 Å². The van der Waals surface area contributed by atoms with E-state index in [1.165, 1.54) is 0 Å². The molecule has 2 rings (SSSR count). The second-order valence-electron chi connectivity index (χ2n) is 6.09. The zero-order chi connectivity index (χ0) is 14.7. The van der Waals surface area contributed by atoms with E-state index in [1.807, 2.05) is 12.1 Å². The summed E-state index contributed by atoms with van der Waals surface area (Å²) in [6.07, 6.45) is 3.35. The number of carboxylic acids is 1. The lowest BCUT2D eigenvalue weighted by Gasteiger charge is -2.34. The molecule has 1 aliphatic heterocycles. The number of nitrogens with zero attached hydrogens (tertiary/aromatic N) is 3. The minimum absolute atomic E-state index is 0.0243. The van der Waals surface area contributed by atoms with Gasteiger partial charge in [0.15, 0.2) is 0 Å². The number of carbonyl (C=O) groups is 1. The van der Waals surface area contributed by atoms with Crippen molar-refractivity contribution in [3.05, 3.63) is 0 Å². The fourth-order valence-electron chi connectivity index (χ4n) is 3.02. The molecule has 20 heavy (non-hydrogen) atoms. The lowest BCUT2D eigenvalue weighted by molar-refractivity contribution is -0.146. The Labute approximate surface area is 120 Å².